The van der Waals surface area contributed by atoms with Crippen LogP contribution in [-0.2, 0) is 14.4 Å². The molecule has 0 radical (unpaired) electrons. The summed E-state index contributed by atoms with van der Waals surface area (Å²) in [5.74, 6) is -1.37. The van der Waals surface area contributed by atoms with E-state index in [0.717, 1.165) is 0 Å². The van der Waals surface area contributed by atoms with Gasteiger partial charge in [-0.25, -0.2) is 0 Å². The molecule has 0 aromatic rings. The molecule has 0 aliphatic carbocycles. The van der Waals surface area contributed by atoms with Crippen LogP contribution >= 0.6 is 11.8 Å². The van der Waals surface area contributed by atoms with Crippen LogP contribution in [0.3, 0.4) is 0 Å². The number of hydrogen-bond acceptors (Lipinski definition) is 4. The number of thioether (sulfide) groups is 1. The highest BCUT2D eigenvalue weighted by atomic mass is 32.2. The summed E-state index contributed by atoms with van der Waals surface area (Å²) in [5, 5.41) is 11.3. The van der Waals surface area contributed by atoms with E-state index in [4.69, 9.17) is 10.8 Å². The van der Waals surface area contributed by atoms with Crippen molar-refractivity contribution in [3.8, 4) is 0 Å². The second-order valence-corrected chi connectivity index (χ2v) is 4.62. The third-order valence-electron chi connectivity index (χ3n) is 2.11. The smallest absolute Gasteiger partial charge is 0.308 e. The normalized spacial score (nSPS) is 11.8. The molecule has 0 aliphatic heterocycles. The van der Waals surface area contributed by atoms with E-state index in [9.17, 15) is 14.4 Å². The van der Waals surface area contributed by atoms with E-state index < -0.39 is 17.8 Å². The van der Waals surface area contributed by atoms with Gasteiger partial charge in [-0.15, -0.1) is 0 Å². The first kappa shape index (κ1) is 15.8. The minimum atomic E-state index is -0.907. The lowest BCUT2D eigenvalue weighted by Crippen LogP contribution is -2.32. The number of carbonyl (C=O) groups excluding carboxylic acids is 2. The molecule has 0 saturated heterocycles. The number of carboxylic acids is 1. The molecule has 6 nitrogen and oxygen atoms in total. The number of hydrogen-bond donors (Lipinski definition) is 3. The van der Waals surface area contributed by atoms with Gasteiger partial charge in [0.1, 0.15) is 0 Å². The predicted molar refractivity (Wildman–Crippen MR) is 65.6 cm³/mol. The van der Waals surface area contributed by atoms with Gasteiger partial charge in [-0.3, -0.25) is 14.4 Å². The van der Waals surface area contributed by atoms with Crippen LogP contribution in [0.4, 0.5) is 0 Å². The van der Waals surface area contributed by atoms with E-state index in [2.05, 4.69) is 5.32 Å². The first-order valence-corrected chi connectivity index (χ1v) is 6.48. The van der Waals surface area contributed by atoms with Crippen LogP contribution in [0.25, 0.3) is 0 Å². The Balaban J connectivity index is 3.65. The fourth-order valence-electron chi connectivity index (χ4n) is 1.07. The standard InChI is InChI=1S/C10H18N2O4S/c1-2-7(10(15)16)5-12-9(14)3-4-17-6-8(11)13/h7H,2-6H2,1H3,(H2,11,13)(H,12,14)(H,15,16). The Hall–Kier alpha value is -1.24. The molecule has 17 heavy (non-hydrogen) atoms. The lowest BCUT2D eigenvalue weighted by atomic mass is 10.1. The van der Waals surface area contributed by atoms with Crippen molar-refractivity contribution in [2.24, 2.45) is 11.7 Å². The Bertz CT molecular complexity index is 283. The molecule has 0 spiro atoms. The first-order valence-electron chi connectivity index (χ1n) is 5.32. The lowest BCUT2D eigenvalue weighted by molar-refractivity contribution is -0.141. The van der Waals surface area contributed by atoms with Crippen molar-refractivity contribution < 1.29 is 19.5 Å². The Morgan fingerprint density at radius 3 is 2.53 bits per heavy atom. The summed E-state index contributed by atoms with van der Waals surface area (Å²) in [6, 6.07) is 0. The summed E-state index contributed by atoms with van der Waals surface area (Å²) in [5.41, 5.74) is 4.93. The van der Waals surface area contributed by atoms with E-state index in [0.29, 0.717) is 12.2 Å². The van der Waals surface area contributed by atoms with Crippen molar-refractivity contribution in [2.45, 2.75) is 19.8 Å². The van der Waals surface area contributed by atoms with E-state index in [1.807, 2.05) is 0 Å². The van der Waals surface area contributed by atoms with Gasteiger partial charge in [0, 0.05) is 18.7 Å². The number of carbonyl (C=O) groups is 3. The minimum Gasteiger partial charge on any atom is -0.481 e. The van der Waals surface area contributed by atoms with Crippen LogP contribution in [0.1, 0.15) is 19.8 Å². The number of rotatable bonds is 9. The van der Waals surface area contributed by atoms with Crippen molar-refractivity contribution in [3.05, 3.63) is 0 Å². The average molecular weight is 262 g/mol. The fraction of sp³-hybridized carbons (Fsp3) is 0.700. The third kappa shape index (κ3) is 8.56. The Morgan fingerprint density at radius 2 is 2.06 bits per heavy atom. The summed E-state index contributed by atoms with van der Waals surface area (Å²) in [7, 11) is 0. The fourth-order valence-corrected chi connectivity index (χ4v) is 1.74. The molecule has 98 valence electrons. The molecule has 7 heteroatoms. The highest BCUT2D eigenvalue weighted by Crippen LogP contribution is 2.03. The van der Waals surface area contributed by atoms with Crippen molar-refractivity contribution in [1.82, 2.24) is 5.32 Å². The number of nitrogens with one attached hydrogen (secondary N) is 1. The molecule has 1 unspecified atom stereocenters. The molecule has 0 fully saturated rings. The SMILES string of the molecule is CCC(CNC(=O)CCSCC(N)=O)C(=O)O. The average Bonchev–Trinajstić information content (AvgIpc) is 2.24. The summed E-state index contributed by atoms with van der Waals surface area (Å²) in [4.78, 5) is 32.4. The van der Waals surface area contributed by atoms with Crippen molar-refractivity contribution in [2.75, 3.05) is 18.1 Å². The molecular weight excluding hydrogens is 244 g/mol. The predicted octanol–water partition coefficient (Wildman–Crippen LogP) is -0.178. The maximum Gasteiger partial charge on any atom is 0.308 e. The molecule has 0 aromatic carbocycles. The van der Waals surface area contributed by atoms with Crippen molar-refractivity contribution >= 4 is 29.5 Å². The van der Waals surface area contributed by atoms with Crippen LogP contribution in [0.5, 0.6) is 0 Å². The van der Waals surface area contributed by atoms with Crippen LogP contribution in [0.15, 0.2) is 0 Å². The highest BCUT2D eigenvalue weighted by molar-refractivity contribution is 7.99. The van der Waals surface area contributed by atoms with Gasteiger partial charge >= 0.3 is 5.97 Å². The van der Waals surface area contributed by atoms with Gasteiger partial charge < -0.3 is 16.2 Å². The molecule has 0 heterocycles. The second kappa shape index (κ2) is 8.86. The van der Waals surface area contributed by atoms with E-state index >= 15 is 0 Å². The molecule has 0 aromatic heterocycles. The van der Waals surface area contributed by atoms with Crippen LogP contribution < -0.4 is 11.1 Å². The van der Waals surface area contributed by atoms with E-state index in [1.54, 1.807) is 6.92 Å². The van der Waals surface area contributed by atoms with Gasteiger partial charge in [0.2, 0.25) is 11.8 Å². The quantitative estimate of drug-likeness (QED) is 0.499. The van der Waals surface area contributed by atoms with Gasteiger partial charge in [0.25, 0.3) is 0 Å². The molecule has 2 amide bonds. The molecule has 0 bridgehead atoms. The molecule has 0 saturated carbocycles. The van der Waals surface area contributed by atoms with Crippen LogP contribution in [-0.4, -0.2) is 40.9 Å². The number of amides is 2. The molecule has 0 aliphatic rings. The van der Waals surface area contributed by atoms with Gasteiger partial charge in [0.15, 0.2) is 0 Å². The summed E-state index contributed by atoms with van der Waals surface area (Å²) >= 11 is 1.28. The van der Waals surface area contributed by atoms with Gasteiger partial charge in [0.05, 0.1) is 11.7 Å². The maximum absolute atomic E-state index is 11.3. The van der Waals surface area contributed by atoms with Gasteiger partial charge in [-0.2, -0.15) is 11.8 Å². The third-order valence-corrected chi connectivity index (χ3v) is 3.09. The van der Waals surface area contributed by atoms with Gasteiger partial charge in [-0.05, 0) is 6.42 Å². The summed E-state index contributed by atoms with van der Waals surface area (Å²) in [6.07, 6.45) is 0.736. The zero-order chi connectivity index (χ0) is 13.3. The Kier molecular flexibility index (Phi) is 8.21. The van der Waals surface area contributed by atoms with Gasteiger partial charge in [-0.1, -0.05) is 6.92 Å². The number of carboxylic acid groups (broad SMARTS) is 1. The van der Waals surface area contributed by atoms with Crippen LogP contribution in [0.2, 0.25) is 0 Å². The highest BCUT2D eigenvalue weighted by Gasteiger charge is 2.15. The second-order valence-electron chi connectivity index (χ2n) is 3.52. The zero-order valence-electron chi connectivity index (χ0n) is 9.77. The van der Waals surface area contributed by atoms with Crippen molar-refractivity contribution in [1.29, 1.82) is 0 Å². The van der Waals surface area contributed by atoms with Crippen molar-refractivity contribution in [3.63, 3.8) is 0 Å². The lowest BCUT2D eigenvalue weighted by Gasteiger charge is -2.10. The van der Waals surface area contributed by atoms with E-state index in [1.165, 1.54) is 11.8 Å². The molecule has 0 rings (SSSR count). The Labute approximate surface area is 104 Å². The number of primary amides is 1. The molecule has 4 N–H and O–H groups in total. The summed E-state index contributed by atoms with van der Waals surface area (Å²) < 4.78 is 0. The minimum absolute atomic E-state index is 0.144. The van der Waals surface area contributed by atoms with Crippen LogP contribution in [0, 0.1) is 5.92 Å². The Morgan fingerprint density at radius 1 is 1.41 bits per heavy atom. The molecular formula is C10H18N2O4S. The maximum atomic E-state index is 11.3. The molecule has 1 atom stereocenters. The topological polar surface area (TPSA) is 109 Å². The van der Waals surface area contributed by atoms with E-state index in [-0.39, 0.29) is 24.6 Å². The summed E-state index contributed by atoms with van der Waals surface area (Å²) in [6.45, 7) is 1.90. The monoisotopic (exact) mass is 262 g/mol. The zero-order valence-corrected chi connectivity index (χ0v) is 10.6. The largest absolute Gasteiger partial charge is 0.481 e. The number of aliphatic carboxylic acids is 1. The number of nitrogens with two attached hydrogens (primary N) is 1. The first-order chi connectivity index (χ1) is 7.97.